The van der Waals surface area contributed by atoms with Crippen LogP contribution in [0.1, 0.15) is 19.1 Å². The Morgan fingerprint density at radius 2 is 1.96 bits per heavy atom. The molecule has 4 rings (SSSR count). The zero-order valence-corrected chi connectivity index (χ0v) is 16.4. The number of aromatic nitrogens is 4. The van der Waals surface area contributed by atoms with Gasteiger partial charge in [-0.25, -0.2) is 15.0 Å². The Kier molecular flexibility index (Phi) is 5.99. The number of anilines is 1. The van der Waals surface area contributed by atoms with Gasteiger partial charge in [-0.3, -0.25) is 4.57 Å². The van der Waals surface area contributed by atoms with Gasteiger partial charge in [-0.2, -0.15) is 11.8 Å². The van der Waals surface area contributed by atoms with Gasteiger partial charge < -0.3 is 31.3 Å². The van der Waals surface area contributed by atoms with Crippen LogP contribution in [0.25, 0.3) is 11.2 Å². The van der Waals surface area contributed by atoms with Gasteiger partial charge in [0.15, 0.2) is 17.7 Å². The Bertz CT molecular complexity index is 798. The number of aliphatic hydroxyl groups is 2. The van der Waals surface area contributed by atoms with Crippen molar-refractivity contribution in [2.45, 2.75) is 42.6 Å². The summed E-state index contributed by atoms with van der Waals surface area (Å²) in [5, 5.41) is 21.6. The van der Waals surface area contributed by atoms with Crippen molar-refractivity contribution in [2.24, 2.45) is 5.73 Å². The summed E-state index contributed by atoms with van der Waals surface area (Å²) in [7, 11) is 0. The van der Waals surface area contributed by atoms with E-state index in [4.69, 9.17) is 16.2 Å². The molecular formula is C17H27N7O3S. The lowest BCUT2D eigenvalue weighted by molar-refractivity contribution is -0.0289. The third-order valence-electron chi connectivity index (χ3n) is 5.47. The minimum atomic E-state index is -1.06. The van der Waals surface area contributed by atoms with Crippen LogP contribution in [0.4, 0.5) is 5.82 Å². The van der Waals surface area contributed by atoms with Crippen LogP contribution in [0.2, 0.25) is 0 Å². The topological polar surface area (TPSA) is 149 Å². The lowest BCUT2D eigenvalue weighted by Gasteiger charge is -2.31. The molecule has 28 heavy (non-hydrogen) atoms. The van der Waals surface area contributed by atoms with E-state index in [-0.39, 0.29) is 5.82 Å². The number of nitrogen functional groups attached to an aromatic ring is 1. The number of nitrogens with two attached hydrogens (primary N) is 2. The summed E-state index contributed by atoms with van der Waals surface area (Å²) < 4.78 is 7.61. The average Bonchev–Trinajstić information content (AvgIpc) is 3.25. The van der Waals surface area contributed by atoms with E-state index in [0.717, 1.165) is 32.5 Å². The van der Waals surface area contributed by atoms with Gasteiger partial charge in [0.1, 0.15) is 24.1 Å². The second-order valence-corrected chi connectivity index (χ2v) is 8.63. The highest BCUT2D eigenvalue weighted by molar-refractivity contribution is 7.99. The van der Waals surface area contributed by atoms with E-state index in [2.05, 4.69) is 19.9 Å². The van der Waals surface area contributed by atoms with Gasteiger partial charge in [-0.05, 0) is 25.9 Å². The highest BCUT2D eigenvalue weighted by Crippen LogP contribution is 2.35. The molecule has 2 fully saturated rings. The van der Waals surface area contributed by atoms with Crippen molar-refractivity contribution in [1.82, 2.24) is 24.4 Å². The summed E-state index contributed by atoms with van der Waals surface area (Å²) in [6, 6.07) is 0. The first-order valence-corrected chi connectivity index (χ1v) is 10.6. The van der Waals surface area contributed by atoms with Crippen LogP contribution in [0.15, 0.2) is 12.7 Å². The molecule has 2 aromatic heterocycles. The van der Waals surface area contributed by atoms with Gasteiger partial charge in [0.2, 0.25) is 0 Å². The van der Waals surface area contributed by atoms with Crippen molar-refractivity contribution in [1.29, 1.82) is 0 Å². The molecule has 4 atom stereocenters. The van der Waals surface area contributed by atoms with Crippen LogP contribution >= 0.6 is 11.8 Å². The molecule has 0 aliphatic carbocycles. The number of imidazole rings is 1. The largest absolute Gasteiger partial charge is 0.387 e. The lowest BCUT2D eigenvalue weighted by atomic mass is 10.1. The second kappa shape index (κ2) is 8.47. The summed E-state index contributed by atoms with van der Waals surface area (Å²) in [6.07, 6.45) is 1.81. The molecule has 2 aliphatic rings. The van der Waals surface area contributed by atoms with Crippen molar-refractivity contribution in [3.05, 3.63) is 12.7 Å². The maximum atomic E-state index is 10.5. The first-order chi connectivity index (χ1) is 13.6. The molecule has 4 unspecified atom stereocenters. The number of hydrogen-bond acceptors (Lipinski definition) is 10. The maximum absolute atomic E-state index is 10.5. The molecule has 0 amide bonds. The molecule has 0 radical (unpaired) electrons. The lowest BCUT2D eigenvalue weighted by Crippen LogP contribution is -2.38. The molecule has 2 saturated heterocycles. The molecule has 2 aliphatic heterocycles. The fraction of sp³-hybridized carbons (Fsp3) is 0.706. The molecule has 2 aromatic rings. The summed E-state index contributed by atoms with van der Waals surface area (Å²) in [6.45, 7) is 3.74. The number of likely N-dealkylation sites (tertiary alicyclic amines) is 1. The zero-order chi connectivity index (χ0) is 19.7. The van der Waals surface area contributed by atoms with Crippen LogP contribution in [-0.4, -0.2) is 90.1 Å². The Morgan fingerprint density at radius 3 is 2.71 bits per heavy atom. The molecule has 154 valence electrons. The second-order valence-electron chi connectivity index (χ2n) is 7.29. The highest BCUT2D eigenvalue weighted by Gasteiger charge is 2.44. The van der Waals surface area contributed by atoms with Crippen molar-refractivity contribution in [2.75, 3.05) is 37.7 Å². The minimum Gasteiger partial charge on any atom is -0.387 e. The van der Waals surface area contributed by atoms with E-state index in [1.807, 2.05) is 0 Å². The zero-order valence-electron chi connectivity index (χ0n) is 15.6. The molecule has 0 saturated carbocycles. The Balaban J connectivity index is 1.37. The third-order valence-corrected chi connectivity index (χ3v) is 6.94. The van der Waals surface area contributed by atoms with E-state index < -0.39 is 24.5 Å². The number of aliphatic hydroxyl groups excluding tert-OH is 2. The van der Waals surface area contributed by atoms with E-state index in [0.29, 0.717) is 28.7 Å². The quantitative estimate of drug-likeness (QED) is 0.477. The monoisotopic (exact) mass is 409 g/mol. The molecular weight excluding hydrogens is 382 g/mol. The minimum absolute atomic E-state index is 0.268. The summed E-state index contributed by atoms with van der Waals surface area (Å²) >= 11 is 1.80. The number of piperidine rings is 1. The average molecular weight is 410 g/mol. The smallest absolute Gasteiger partial charge is 0.167 e. The first kappa shape index (κ1) is 19.8. The van der Waals surface area contributed by atoms with Gasteiger partial charge >= 0.3 is 0 Å². The molecule has 4 heterocycles. The predicted molar refractivity (Wildman–Crippen MR) is 107 cm³/mol. The fourth-order valence-electron chi connectivity index (χ4n) is 3.87. The molecule has 0 spiro atoms. The summed E-state index contributed by atoms with van der Waals surface area (Å²) in [4.78, 5) is 14.7. The molecule has 0 bridgehead atoms. The predicted octanol–water partition coefficient (Wildman–Crippen LogP) is -0.816. The first-order valence-electron chi connectivity index (χ1n) is 9.57. The van der Waals surface area contributed by atoms with Crippen molar-refractivity contribution in [3.8, 4) is 0 Å². The van der Waals surface area contributed by atoms with Gasteiger partial charge in [-0.1, -0.05) is 0 Å². The van der Waals surface area contributed by atoms with Crippen molar-refractivity contribution >= 4 is 28.7 Å². The van der Waals surface area contributed by atoms with E-state index in [1.165, 1.54) is 12.7 Å². The normalized spacial score (nSPS) is 29.7. The Hall–Kier alpha value is -1.50. The number of fused-ring (bicyclic) bond motifs is 1. The van der Waals surface area contributed by atoms with Crippen LogP contribution in [0, 0.1) is 0 Å². The summed E-state index contributed by atoms with van der Waals surface area (Å²) in [5.41, 5.74) is 12.4. The molecule has 10 nitrogen and oxygen atoms in total. The van der Waals surface area contributed by atoms with E-state index in [1.54, 1.807) is 16.3 Å². The van der Waals surface area contributed by atoms with Gasteiger partial charge in [0.25, 0.3) is 0 Å². The number of hydrogen-bond donors (Lipinski definition) is 4. The van der Waals surface area contributed by atoms with Crippen LogP contribution in [0.3, 0.4) is 0 Å². The highest BCUT2D eigenvalue weighted by atomic mass is 32.2. The maximum Gasteiger partial charge on any atom is 0.167 e. The number of rotatable bonds is 6. The Morgan fingerprint density at radius 1 is 1.18 bits per heavy atom. The van der Waals surface area contributed by atoms with Crippen LogP contribution in [0.5, 0.6) is 0 Å². The molecule has 11 heteroatoms. The van der Waals surface area contributed by atoms with Gasteiger partial charge in [-0.15, -0.1) is 0 Å². The van der Waals surface area contributed by atoms with Crippen molar-refractivity contribution < 1.29 is 14.9 Å². The number of nitrogens with zero attached hydrogens (tertiary/aromatic N) is 5. The number of thioether (sulfide) groups is 1. The van der Waals surface area contributed by atoms with E-state index >= 15 is 0 Å². The van der Waals surface area contributed by atoms with Gasteiger partial charge in [0.05, 0.1) is 12.4 Å². The molecule has 0 aromatic carbocycles. The van der Waals surface area contributed by atoms with Crippen molar-refractivity contribution in [3.63, 3.8) is 0 Å². The van der Waals surface area contributed by atoms with Gasteiger partial charge in [0, 0.05) is 24.1 Å². The Labute approximate surface area is 167 Å². The van der Waals surface area contributed by atoms with E-state index in [9.17, 15) is 10.2 Å². The fourth-order valence-corrected chi connectivity index (χ4v) is 5.15. The SMILES string of the molecule is NCCN1CCC(SCC2OC(n3cnc4c(N)ncnc43)C(O)C2O)CC1. The van der Waals surface area contributed by atoms with Crippen LogP contribution in [-0.2, 0) is 4.74 Å². The third kappa shape index (κ3) is 3.82. The van der Waals surface area contributed by atoms with Crippen LogP contribution < -0.4 is 11.5 Å². The number of ether oxygens (including phenoxy) is 1. The summed E-state index contributed by atoms with van der Waals surface area (Å²) in [5.74, 6) is 0.893. The molecule has 6 N–H and O–H groups in total. The standard InChI is InChI=1S/C17H27N7O3S/c18-3-6-23-4-1-10(2-5-23)28-7-11-13(25)14(26)17(27-11)24-9-22-12-15(19)20-8-21-16(12)24/h8-11,13-14,17,25-26H,1-7,18H2,(H2,19,20,21).